The van der Waals surface area contributed by atoms with Gasteiger partial charge in [0.25, 0.3) is 0 Å². The Morgan fingerprint density at radius 3 is 2.71 bits per heavy atom. The monoisotopic (exact) mass is 392 g/mol. The second-order valence-corrected chi connectivity index (χ2v) is 9.06. The maximum atomic E-state index is 12.5. The number of benzene rings is 1. The molecule has 21 heavy (non-hydrogen) atoms. The van der Waals surface area contributed by atoms with Gasteiger partial charge in [0.15, 0.2) is 0 Å². The van der Waals surface area contributed by atoms with E-state index in [0.29, 0.717) is 33.6 Å². The molecule has 3 N–H and O–H groups in total. The number of nitrogens with two attached hydrogens (primary N) is 1. The summed E-state index contributed by atoms with van der Waals surface area (Å²) in [7, 11) is -3.60. The molecule has 2 aliphatic rings. The normalized spacial score (nSPS) is 28.2. The summed E-state index contributed by atoms with van der Waals surface area (Å²) >= 11 is 9.15. The summed E-state index contributed by atoms with van der Waals surface area (Å²) in [4.78, 5) is 0.107. The Labute approximate surface area is 138 Å². The van der Waals surface area contributed by atoms with Crippen LogP contribution in [0.3, 0.4) is 0 Å². The summed E-state index contributed by atoms with van der Waals surface area (Å²) in [5.41, 5.74) is 6.08. The van der Waals surface area contributed by atoms with Crippen LogP contribution in [0.4, 0.5) is 5.69 Å². The molecule has 0 saturated heterocycles. The highest BCUT2D eigenvalue weighted by molar-refractivity contribution is 9.10. The quantitative estimate of drug-likeness (QED) is 0.770. The van der Waals surface area contributed by atoms with Crippen LogP contribution in [0.5, 0.6) is 0 Å². The summed E-state index contributed by atoms with van der Waals surface area (Å²) in [6, 6.07) is 2.95. The molecule has 4 nitrogen and oxygen atoms in total. The van der Waals surface area contributed by atoms with Crippen LogP contribution in [0, 0.1) is 17.8 Å². The first-order chi connectivity index (χ1) is 9.87. The third kappa shape index (κ3) is 3.09. The minimum Gasteiger partial charge on any atom is -0.398 e. The van der Waals surface area contributed by atoms with Gasteiger partial charge in [-0.3, -0.25) is 0 Å². The van der Waals surface area contributed by atoms with Crippen LogP contribution < -0.4 is 10.5 Å². The Bertz CT molecular complexity index is 665. The van der Waals surface area contributed by atoms with Gasteiger partial charge < -0.3 is 5.73 Å². The van der Waals surface area contributed by atoms with Crippen molar-refractivity contribution < 1.29 is 8.42 Å². The largest absolute Gasteiger partial charge is 0.398 e. The summed E-state index contributed by atoms with van der Waals surface area (Å²) in [6.07, 6.45) is 4.96. The van der Waals surface area contributed by atoms with Crippen molar-refractivity contribution in [3.8, 4) is 0 Å². The molecule has 2 fully saturated rings. The Kier molecular flexibility index (Phi) is 4.25. The third-order valence-corrected chi connectivity index (χ3v) is 7.56. The van der Waals surface area contributed by atoms with Gasteiger partial charge >= 0.3 is 0 Å². The molecule has 3 unspecified atom stereocenters. The molecule has 1 aromatic carbocycles. The van der Waals surface area contributed by atoms with Crippen LogP contribution >= 0.6 is 27.5 Å². The van der Waals surface area contributed by atoms with Gasteiger partial charge in [-0.1, -0.05) is 18.0 Å². The highest BCUT2D eigenvalue weighted by atomic mass is 79.9. The van der Waals surface area contributed by atoms with E-state index in [1.807, 2.05) is 0 Å². The molecule has 2 saturated carbocycles. The molecule has 3 atom stereocenters. The van der Waals surface area contributed by atoms with Gasteiger partial charge in [-0.2, -0.15) is 0 Å². The number of hydrogen-bond donors (Lipinski definition) is 2. The van der Waals surface area contributed by atoms with Crippen molar-refractivity contribution in [2.75, 3.05) is 12.3 Å². The lowest BCUT2D eigenvalue weighted by atomic mass is 9.89. The minimum absolute atomic E-state index is 0.107. The summed E-state index contributed by atoms with van der Waals surface area (Å²) in [5, 5.41) is 0.316. The number of rotatable bonds is 4. The second kappa shape index (κ2) is 5.72. The Balaban J connectivity index is 1.75. The number of sulfonamides is 1. The van der Waals surface area contributed by atoms with Crippen LogP contribution in [-0.2, 0) is 10.0 Å². The van der Waals surface area contributed by atoms with Crippen molar-refractivity contribution in [2.24, 2.45) is 17.8 Å². The lowest BCUT2D eigenvalue weighted by Gasteiger charge is -2.22. The van der Waals surface area contributed by atoms with E-state index in [1.165, 1.54) is 31.4 Å². The number of halogens is 2. The predicted octanol–water partition coefficient (Wildman–Crippen LogP) is 3.40. The summed E-state index contributed by atoms with van der Waals surface area (Å²) < 4.78 is 28.0. The van der Waals surface area contributed by atoms with Gasteiger partial charge in [-0.25, -0.2) is 13.1 Å². The van der Waals surface area contributed by atoms with Gasteiger partial charge in [0, 0.05) is 17.3 Å². The fourth-order valence-electron chi connectivity index (χ4n) is 3.70. The molecular weight excluding hydrogens is 376 g/mol. The molecule has 0 aromatic heterocycles. The highest BCUT2D eigenvalue weighted by Crippen LogP contribution is 2.48. The van der Waals surface area contributed by atoms with E-state index in [1.54, 1.807) is 0 Å². The standard InChI is InChI=1S/C14H18BrClN2O2S/c15-14-12(17)5-11(16)6-13(14)21(19,20)18-7-10-4-8-1-2-9(10)3-8/h5-6,8-10,18H,1-4,7,17H2. The zero-order valence-corrected chi connectivity index (χ0v) is 14.6. The highest BCUT2D eigenvalue weighted by Gasteiger charge is 2.39. The Morgan fingerprint density at radius 1 is 1.33 bits per heavy atom. The minimum atomic E-state index is -3.60. The summed E-state index contributed by atoms with van der Waals surface area (Å²) in [5.74, 6) is 1.96. The first-order valence-corrected chi connectivity index (χ1v) is 9.76. The molecule has 0 heterocycles. The number of hydrogen-bond acceptors (Lipinski definition) is 3. The van der Waals surface area contributed by atoms with Crippen LogP contribution in [0.1, 0.15) is 25.7 Å². The molecule has 0 amide bonds. The predicted molar refractivity (Wildman–Crippen MR) is 87.7 cm³/mol. The number of fused-ring (bicyclic) bond motifs is 2. The Hall–Kier alpha value is -0.300. The van der Waals surface area contributed by atoms with E-state index >= 15 is 0 Å². The second-order valence-electron chi connectivity index (χ2n) is 6.09. The average molecular weight is 394 g/mol. The van der Waals surface area contributed by atoms with Crippen molar-refractivity contribution in [1.82, 2.24) is 4.72 Å². The molecule has 2 bridgehead atoms. The van der Waals surface area contributed by atoms with E-state index in [2.05, 4.69) is 20.7 Å². The molecule has 7 heteroatoms. The number of nitrogens with one attached hydrogen (secondary N) is 1. The van der Waals surface area contributed by atoms with Gasteiger partial charge in [-0.15, -0.1) is 0 Å². The maximum absolute atomic E-state index is 12.5. The lowest BCUT2D eigenvalue weighted by molar-refractivity contribution is 0.333. The molecule has 0 spiro atoms. The van der Waals surface area contributed by atoms with Crippen molar-refractivity contribution in [2.45, 2.75) is 30.6 Å². The van der Waals surface area contributed by atoms with Gasteiger partial charge in [0.2, 0.25) is 10.0 Å². The SMILES string of the molecule is Nc1cc(Cl)cc(S(=O)(=O)NCC2CC3CCC2C3)c1Br. The number of anilines is 1. The molecule has 0 aliphatic heterocycles. The molecule has 1 aromatic rings. The Morgan fingerprint density at radius 2 is 2.10 bits per heavy atom. The van der Waals surface area contributed by atoms with E-state index in [0.717, 1.165) is 12.3 Å². The topological polar surface area (TPSA) is 72.2 Å². The fraction of sp³-hybridized carbons (Fsp3) is 0.571. The third-order valence-electron chi connectivity index (χ3n) is 4.74. The van der Waals surface area contributed by atoms with Crippen LogP contribution in [0.25, 0.3) is 0 Å². The van der Waals surface area contributed by atoms with Gasteiger partial charge in [-0.05, 0) is 65.1 Å². The van der Waals surface area contributed by atoms with Crippen molar-refractivity contribution in [1.29, 1.82) is 0 Å². The van der Waals surface area contributed by atoms with Crippen LogP contribution in [0.15, 0.2) is 21.5 Å². The molecule has 0 radical (unpaired) electrons. The summed E-state index contributed by atoms with van der Waals surface area (Å²) in [6.45, 7) is 0.502. The molecule has 2 aliphatic carbocycles. The zero-order valence-electron chi connectivity index (χ0n) is 11.5. The first-order valence-electron chi connectivity index (χ1n) is 7.11. The van der Waals surface area contributed by atoms with Crippen molar-refractivity contribution in [3.05, 3.63) is 21.6 Å². The van der Waals surface area contributed by atoms with Gasteiger partial charge in [0.05, 0.1) is 9.37 Å². The van der Waals surface area contributed by atoms with Crippen LogP contribution in [0.2, 0.25) is 5.02 Å². The van der Waals surface area contributed by atoms with E-state index < -0.39 is 10.0 Å². The van der Waals surface area contributed by atoms with E-state index in [9.17, 15) is 8.42 Å². The van der Waals surface area contributed by atoms with Crippen LogP contribution in [-0.4, -0.2) is 15.0 Å². The zero-order chi connectivity index (χ0) is 15.2. The van der Waals surface area contributed by atoms with E-state index in [-0.39, 0.29) is 4.90 Å². The number of nitrogen functional groups attached to an aromatic ring is 1. The molecule has 116 valence electrons. The fourth-order valence-corrected chi connectivity index (χ4v) is 6.09. The first kappa shape index (κ1) is 15.6. The lowest BCUT2D eigenvalue weighted by Crippen LogP contribution is -2.32. The average Bonchev–Trinajstić information content (AvgIpc) is 3.03. The molecule has 3 rings (SSSR count). The van der Waals surface area contributed by atoms with Gasteiger partial charge in [0.1, 0.15) is 0 Å². The van der Waals surface area contributed by atoms with Crippen molar-refractivity contribution in [3.63, 3.8) is 0 Å². The maximum Gasteiger partial charge on any atom is 0.241 e. The van der Waals surface area contributed by atoms with Crippen molar-refractivity contribution >= 4 is 43.2 Å². The molecular formula is C14H18BrClN2O2S. The smallest absolute Gasteiger partial charge is 0.241 e. The van der Waals surface area contributed by atoms with E-state index in [4.69, 9.17) is 17.3 Å².